The van der Waals surface area contributed by atoms with Crippen molar-refractivity contribution in [3.8, 4) is 0 Å². The van der Waals surface area contributed by atoms with Crippen LogP contribution in [0.25, 0.3) is 0 Å². The molecule has 22 heavy (non-hydrogen) atoms. The molecule has 0 spiro atoms. The van der Waals surface area contributed by atoms with Crippen LogP contribution in [0.3, 0.4) is 0 Å². The first-order valence-electron chi connectivity index (χ1n) is 6.51. The van der Waals surface area contributed by atoms with E-state index >= 15 is 0 Å². The molecule has 2 N–H and O–H groups in total. The SMILES string of the molecule is O=S(=O)(Cc1ccc(F)cc1F)NC(CO)c1ccccc1. The fourth-order valence-corrected chi connectivity index (χ4v) is 3.37. The summed E-state index contributed by atoms with van der Waals surface area (Å²) in [5, 5.41) is 9.35. The minimum atomic E-state index is -3.90. The van der Waals surface area contributed by atoms with Gasteiger partial charge in [0, 0.05) is 11.6 Å². The highest BCUT2D eigenvalue weighted by molar-refractivity contribution is 7.88. The second kappa shape index (κ2) is 6.95. The lowest BCUT2D eigenvalue weighted by Gasteiger charge is -2.17. The van der Waals surface area contributed by atoms with Crippen molar-refractivity contribution in [2.45, 2.75) is 11.8 Å². The van der Waals surface area contributed by atoms with Gasteiger partial charge in [-0.3, -0.25) is 0 Å². The van der Waals surface area contributed by atoms with E-state index in [1.165, 1.54) is 0 Å². The molecule has 2 aromatic rings. The molecular formula is C15H15F2NO3S. The van der Waals surface area contributed by atoms with Gasteiger partial charge in [-0.25, -0.2) is 21.9 Å². The molecule has 0 bridgehead atoms. The Morgan fingerprint density at radius 1 is 1.09 bits per heavy atom. The van der Waals surface area contributed by atoms with Crippen molar-refractivity contribution >= 4 is 10.0 Å². The van der Waals surface area contributed by atoms with Crippen LogP contribution in [0, 0.1) is 11.6 Å². The van der Waals surface area contributed by atoms with Crippen molar-refractivity contribution in [2.24, 2.45) is 0 Å². The quantitative estimate of drug-likeness (QED) is 0.854. The summed E-state index contributed by atoms with van der Waals surface area (Å²) in [7, 11) is -3.90. The lowest BCUT2D eigenvalue weighted by molar-refractivity contribution is 0.259. The van der Waals surface area contributed by atoms with E-state index in [0.29, 0.717) is 11.6 Å². The zero-order chi connectivity index (χ0) is 16.2. The van der Waals surface area contributed by atoms with Crippen molar-refractivity contribution in [1.82, 2.24) is 4.72 Å². The summed E-state index contributed by atoms with van der Waals surface area (Å²) in [5.74, 6) is -2.34. The Morgan fingerprint density at radius 2 is 1.77 bits per heavy atom. The number of sulfonamides is 1. The van der Waals surface area contributed by atoms with Crippen molar-refractivity contribution in [2.75, 3.05) is 6.61 Å². The van der Waals surface area contributed by atoms with E-state index in [2.05, 4.69) is 4.72 Å². The van der Waals surface area contributed by atoms with Gasteiger partial charge in [0.15, 0.2) is 0 Å². The van der Waals surface area contributed by atoms with E-state index in [1.807, 2.05) is 0 Å². The molecule has 118 valence electrons. The summed E-state index contributed by atoms with van der Waals surface area (Å²) in [6.45, 7) is -0.435. The van der Waals surface area contributed by atoms with Gasteiger partial charge in [0.2, 0.25) is 10.0 Å². The summed E-state index contributed by atoms with van der Waals surface area (Å²) in [6, 6.07) is 10.4. The maximum atomic E-state index is 13.5. The first-order valence-corrected chi connectivity index (χ1v) is 8.16. The predicted molar refractivity (Wildman–Crippen MR) is 78.4 cm³/mol. The van der Waals surface area contributed by atoms with Gasteiger partial charge in [0.1, 0.15) is 11.6 Å². The number of hydrogen-bond acceptors (Lipinski definition) is 3. The predicted octanol–water partition coefficient (Wildman–Crippen LogP) is 2.12. The van der Waals surface area contributed by atoms with Gasteiger partial charge >= 0.3 is 0 Å². The van der Waals surface area contributed by atoms with E-state index in [1.54, 1.807) is 30.3 Å². The van der Waals surface area contributed by atoms with Crippen molar-refractivity contribution in [3.05, 3.63) is 71.3 Å². The third-order valence-corrected chi connectivity index (χ3v) is 4.40. The monoisotopic (exact) mass is 327 g/mol. The van der Waals surface area contributed by atoms with Gasteiger partial charge in [-0.1, -0.05) is 36.4 Å². The van der Waals surface area contributed by atoms with Crippen LogP contribution in [0.2, 0.25) is 0 Å². The highest BCUT2D eigenvalue weighted by atomic mass is 32.2. The Bertz CT molecular complexity index is 736. The number of aliphatic hydroxyl groups is 1. The molecule has 0 aliphatic rings. The van der Waals surface area contributed by atoms with Crippen molar-refractivity contribution in [1.29, 1.82) is 0 Å². The first kappa shape index (κ1) is 16.5. The average Bonchev–Trinajstić information content (AvgIpc) is 2.49. The van der Waals surface area contributed by atoms with E-state index in [0.717, 1.165) is 12.1 Å². The zero-order valence-electron chi connectivity index (χ0n) is 11.5. The molecule has 0 fully saturated rings. The number of rotatable bonds is 6. The van der Waals surface area contributed by atoms with Crippen LogP contribution in [0.4, 0.5) is 8.78 Å². The largest absolute Gasteiger partial charge is 0.394 e. The van der Waals surface area contributed by atoms with Gasteiger partial charge in [0.05, 0.1) is 18.4 Å². The molecule has 0 aliphatic heterocycles. The molecule has 0 aromatic heterocycles. The minimum Gasteiger partial charge on any atom is -0.394 e. The lowest BCUT2D eigenvalue weighted by atomic mass is 10.1. The van der Waals surface area contributed by atoms with Crippen LogP contribution in [-0.2, 0) is 15.8 Å². The molecule has 4 nitrogen and oxygen atoms in total. The number of nitrogens with one attached hydrogen (secondary N) is 1. The lowest BCUT2D eigenvalue weighted by Crippen LogP contribution is -2.32. The van der Waals surface area contributed by atoms with Crippen molar-refractivity contribution in [3.63, 3.8) is 0 Å². The minimum absolute atomic E-state index is 0.140. The second-order valence-corrected chi connectivity index (χ2v) is 6.51. The fourth-order valence-electron chi connectivity index (χ4n) is 2.00. The van der Waals surface area contributed by atoms with Gasteiger partial charge in [0.25, 0.3) is 0 Å². The van der Waals surface area contributed by atoms with Crippen molar-refractivity contribution < 1.29 is 22.3 Å². The zero-order valence-corrected chi connectivity index (χ0v) is 12.4. The van der Waals surface area contributed by atoms with Crippen LogP contribution < -0.4 is 4.72 Å². The molecule has 0 heterocycles. The summed E-state index contributed by atoms with van der Waals surface area (Å²) in [5.41, 5.74) is 0.451. The maximum Gasteiger partial charge on any atom is 0.216 e. The normalized spacial score (nSPS) is 13.0. The summed E-state index contributed by atoms with van der Waals surface area (Å²) in [4.78, 5) is 0. The third-order valence-electron chi connectivity index (χ3n) is 3.07. The summed E-state index contributed by atoms with van der Waals surface area (Å²) >= 11 is 0. The van der Waals surface area contributed by atoms with E-state index in [4.69, 9.17) is 0 Å². The molecule has 1 atom stereocenters. The number of halogens is 2. The molecule has 2 rings (SSSR count). The molecule has 7 heteroatoms. The molecule has 2 aromatic carbocycles. The highest BCUT2D eigenvalue weighted by Crippen LogP contribution is 2.16. The third kappa shape index (κ3) is 4.33. The Morgan fingerprint density at radius 3 is 2.36 bits per heavy atom. The Labute approximate surface area is 127 Å². The van der Waals surface area contributed by atoms with E-state index in [-0.39, 0.29) is 5.56 Å². The number of hydrogen-bond donors (Lipinski definition) is 2. The molecule has 0 aliphatic carbocycles. The molecule has 0 saturated heterocycles. The molecule has 0 amide bonds. The highest BCUT2D eigenvalue weighted by Gasteiger charge is 2.20. The maximum absolute atomic E-state index is 13.5. The molecule has 0 saturated carbocycles. The summed E-state index contributed by atoms with van der Waals surface area (Å²) < 4.78 is 52.9. The Kier molecular flexibility index (Phi) is 5.23. The van der Waals surface area contributed by atoms with Gasteiger partial charge in [-0.2, -0.15) is 0 Å². The van der Waals surface area contributed by atoms with E-state index < -0.39 is 40.1 Å². The summed E-state index contributed by atoms with van der Waals surface area (Å²) in [6.07, 6.45) is 0. The first-order chi connectivity index (χ1) is 10.4. The van der Waals surface area contributed by atoms with Crippen LogP contribution in [0.15, 0.2) is 48.5 Å². The second-order valence-electron chi connectivity index (χ2n) is 4.76. The van der Waals surface area contributed by atoms with Crippen LogP contribution in [-0.4, -0.2) is 20.1 Å². The molecule has 0 radical (unpaired) electrons. The molecular weight excluding hydrogens is 312 g/mol. The van der Waals surface area contributed by atoms with Crippen LogP contribution in [0.1, 0.15) is 17.2 Å². The number of aliphatic hydroxyl groups excluding tert-OH is 1. The average molecular weight is 327 g/mol. The smallest absolute Gasteiger partial charge is 0.216 e. The Balaban J connectivity index is 2.16. The van der Waals surface area contributed by atoms with Gasteiger partial charge < -0.3 is 5.11 Å². The fraction of sp³-hybridized carbons (Fsp3) is 0.200. The van der Waals surface area contributed by atoms with Crippen LogP contribution in [0.5, 0.6) is 0 Å². The molecule has 1 unspecified atom stereocenters. The standard InChI is InChI=1S/C15H15F2NO3S/c16-13-7-6-12(14(17)8-13)10-22(20,21)18-15(9-19)11-4-2-1-3-5-11/h1-8,15,18-19H,9-10H2. The topological polar surface area (TPSA) is 66.4 Å². The van der Waals surface area contributed by atoms with Crippen LogP contribution >= 0.6 is 0 Å². The van der Waals surface area contributed by atoms with E-state index in [9.17, 15) is 22.3 Å². The number of benzene rings is 2. The van der Waals surface area contributed by atoms with Gasteiger partial charge in [-0.05, 0) is 11.6 Å². The Hall–Kier alpha value is -1.83. The van der Waals surface area contributed by atoms with Gasteiger partial charge in [-0.15, -0.1) is 0 Å².